The van der Waals surface area contributed by atoms with Gasteiger partial charge in [-0.05, 0) is 50.7 Å². The van der Waals surface area contributed by atoms with Gasteiger partial charge in [-0.3, -0.25) is 0 Å². The van der Waals surface area contributed by atoms with Gasteiger partial charge in [-0.15, -0.1) is 0 Å². The smallest absolute Gasteiger partial charge is 0.0717 e. The first kappa shape index (κ1) is 22.0. The van der Waals surface area contributed by atoms with Crippen molar-refractivity contribution in [3.05, 3.63) is 71.8 Å². The predicted octanol–water partition coefficient (Wildman–Crippen LogP) is 5.59. The zero-order valence-corrected chi connectivity index (χ0v) is 18.5. The van der Waals surface area contributed by atoms with Crippen molar-refractivity contribution in [2.45, 2.75) is 65.3 Å². The van der Waals surface area contributed by atoms with Crippen molar-refractivity contribution >= 4 is 0 Å². The van der Waals surface area contributed by atoms with Gasteiger partial charge >= 0.3 is 0 Å². The number of hydrogen-bond acceptors (Lipinski definition) is 3. The molecule has 0 amide bonds. The molecular weight excluding hydrogens is 358 g/mol. The highest BCUT2D eigenvalue weighted by Gasteiger charge is 2.44. The molecule has 1 saturated carbocycles. The fourth-order valence-electron chi connectivity index (χ4n) is 4.52. The fraction of sp³-hybridized carbons (Fsp3) is 0.538. The molecule has 29 heavy (non-hydrogen) atoms. The first-order valence-corrected chi connectivity index (χ1v) is 10.9. The molecule has 0 bridgehead atoms. The normalized spacial score (nSPS) is 21.4. The second-order valence-electron chi connectivity index (χ2n) is 9.84. The van der Waals surface area contributed by atoms with Gasteiger partial charge in [0.25, 0.3) is 0 Å². The van der Waals surface area contributed by atoms with Crippen molar-refractivity contribution in [1.29, 1.82) is 0 Å². The van der Waals surface area contributed by atoms with E-state index in [1.807, 2.05) is 12.1 Å². The minimum atomic E-state index is 0.0614. The first-order valence-electron chi connectivity index (χ1n) is 10.9. The molecule has 1 N–H and O–H groups in total. The van der Waals surface area contributed by atoms with E-state index < -0.39 is 0 Å². The molecule has 3 nitrogen and oxygen atoms in total. The van der Waals surface area contributed by atoms with Gasteiger partial charge in [-0.2, -0.15) is 0 Å². The van der Waals surface area contributed by atoms with Gasteiger partial charge in [-0.25, -0.2) is 0 Å². The van der Waals surface area contributed by atoms with E-state index in [0.29, 0.717) is 25.2 Å². The van der Waals surface area contributed by atoms with Crippen LogP contribution in [-0.2, 0) is 22.7 Å². The lowest BCUT2D eigenvalue weighted by molar-refractivity contribution is -0.0323. The van der Waals surface area contributed by atoms with Gasteiger partial charge < -0.3 is 14.8 Å². The Morgan fingerprint density at radius 2 is 1.31 bits per heavy atom. The minimum absolute atomic E-state index is 0.0614. The van der Waals surface area contributed by atoms with Gasteiger partial charge in [0.1, 0.15) is 0 Å². The van der Waals surface area contributed by atoms with Crippen molar-refractivity contribution in [3.63, 3.8) is 0 Å². The van der Waals surface area contributed by atoms with E-state index in [4.69, 9.17) is 9.47 Å². The Balaban J connectivity index is 1.62. The molecular formula is C26H37NO2. The highest BCUT2D eigenvalue weighted by Crippen LogP contribution is 2.43. The van der Waals surface area contributed by atoms with Gasteiger partial charge in [0.2, 0.25) is 0 Å². The summed E-state index contributed by atoms with van der Waals surface area (Å²) in [7, 11) is 0. The highest BCUT2D eigenvalue weighted by molar-refractivity contribution is 5.14. The third-order valence-electron chi connectivity index (χ3n) is 5.75. The molecule has 0 radical (unpaired) electrons. The summed E-state index contributed by atoms with van der Waals surface area (Å²) in [5.74, 6) is 0.606. The molecule has 3 heteroatoms. The maximum atomic E-state index is 6.23. The Morgan fingerprint density at radius 3 is 1.76 bits per heavy atom. The molecule has 2 aromatic carbocycles. The zero-order chi connectivity index (χ0) is 20.7. The molecule has 1 fully saturated rings. The predicted molar refractivity (Wildman–Crippen MR) is 120 cm³/mol. The van der Waals surface area contributed by atoms with Gasteiger partial charge in [0.05, 0.1) is 26.4 Å². The van der Waals surface area contributed by atoms with E-state index in [2.05, 4.69) is 81.5 Å². The van der Waals surface area contributed by atoms with Crippen molar-refractivity contribution in [2.24, 2.45) is 11.3 Å². The molecule has 1 aliphatic rings. The number of benzene rings is 2. The average Bonchev–Trinajstić information content (AvgIpc) is 2.97. The third-order valence-corrected chi connectivity index (χ3v) is 5.75. The lowest BCUT2D eigenvalue weighted by Gasteiger charge is -2.31. The molecule has 0 aromatic heterocycles. The summed E-state index contributed by atoms with van der Waals surface area (Å²) in [5.41, 5.74) is 2.63. The zero-order valence-electron chi connectivity index (χ0n) is 18.5. The number of hydrogen-bond donors (Lipinski definition) is 1. The standard InChI is InChI=1S/C26H37NO2/c1-21-15-26(16-24(21)27-25(2,3)4,19-28-17-22-11-7-5-8-12-22)20-29-18-23-13-9-6-10-14-23/h5-14,21,24,27H,15-20H2,1-4H3/t21-,24+/m1/s1. The average molecular weight is 396 g/mol. The van der Waals surface area contributed by atoms with E-state index in [-0.39, 0.29) is 11.0 Å². The Morgan fingerprint density at radius 1 is 0.828 bits per heavy atom. The molecule has 1 aliphatic carbocycles. The van der Waals surface area contributed by atoms with E-state index in [1.165, 1.54) is 11.1 Å². The SMILES string of the molecule is C[C@@H]1CC(COCc2ccccc2)(COCc2ccccc2)C[C@@H]1NC(C)(C)C. The lowest BCUT2D eigenvalue weighted by atomic mass is 9.87. The molecule has 158 valence electrons. The van der Waals surface area contributed by atoms with Crippen LogP contribution in [0.2, 0.25) is 0 Å². The molecule has 0 unspecified atom stereocenters. The topological polar surface area (TPSA) is 30.5 Å². The number of ether oxygens (including phenoxy) is 2. The summed E-state index contributed by atoms with van der Waals surface area (Å²) < 4.78 is 12.5. The van der Waals surface area contributed by atoms with Crippen LogP contribution in [0.1, 0.15) is 51.7 Å². The summed E-state index contributed by atoms with van der Waals surface area (Å²) in [5, 5.41) is 3.83. The van der Waals surface area contributed by atoms with Crippen LogP contribution in [0.5, 0.6) is 0 Å². The Bertz CT molecular complexity index is 678. The summed E-state index contributed by atoms with van der Waals surface area (Å²) in [6.07, 6.45) is 2.22. The van der Waals surface area contributed by atoms with Crippen molar-refractivity contribution in [1.82, 2.24) is 5.32 Å². The van der Waals surface area contributed by atoms with Crippen molar-refractivity contribution in [2.75, 3.05) is 13.2 Å². The monoisotopic (exact) mass is 395 g/mol. The molecule has 0 saturated heterocycles. The van der Waals surface area contributed by atoms with E-state index >= 15 is 0 Å². The highest BCUT2D eigenvalue weighted by atomic mass is 16.5. The Hall–Kier alpha value is -1.68. The van der Waals surface area contributed by atoms with Crippen LogP contribution in [-0.4, -0.2) is 24.8 Å². The largest absolute Gasteiger partial charge is 0.376 e. The van der Waals surface area contributed by atoms with E-state index in [9.17, 15) is 0 Å². The third kappa shape index (κ3) is 6.95. The maximum absolute atomic E-state index is 6.23. The minimum Gasteiger partial charge on any atom is -0.376 e. The van der Waals surface area contributed by atoms with Crippen LogP contribution < -0.4 is 5.32 Å². The summed E-state index contributed by atoms with van der Waals surface area (Å²) in [4.78, 5) is 0. The summed E-state index contributed by atoms with van der Waals surface area (Å²) in [6, 6.07) is 21.4. The molecule has 0 aliphatic heterocycles. The molecule has 2 aromatic rings. The summed E-state index contributed by atoms with van der Waals surface area (Å²) in [6.45, 7) is 11.9. The maximum Gasteiger partial charge on any atom is 0.0717 e. The lowest BCUT2D eigenvalue weighted by Crippen LogP contribution is -2.45. The Kier molecular flexibility index (Phi) is 7.50. The quantitative estimate of drug-likeness (QED) is 0.600. The second-order valence-corrected chi connectivity index (χ2v) is 9.84. The van der Waals surface area contributed by atoms with Crippen molar-refractivity contribution < 1.29 is 9.47 Å². The molecule has 0 heterocycles. The van der Waals surface area contributed by atoms with Crippen LogP contribution in [0, 0.1) is 11.3 Å². The van der Waals surface area contributed by atoms with E-state index in [0.717, 1.165) is 26.1 Å². The van der Waals surface area contributed by atoms with Crippen LogP contribution in [0.25, 0.3) is 0 Å². The molecule has 0 spiro atoms. The van der Waals surface area contributed by atoms with Crippen LogP contribution in [0.15, 0.2) is 60.7 Å². The number of rotatable bonds is 9. The fourth-order valence-corrected chi connectivity index (χ4v) is 4.52. The van der Waals surface area contributed by atoms with Gasteiger partial charge in [-0.1, -0.05) is 67.6 Å². The summed E-state index contributed by atoms with van der Waals surface area (Å²) >= 11 is 0. The van der Waals surface area contributed by atoms with Crippen LogP contribution in [0.4, 0.5) is 0 Å². The van der Waals surface area contributed by atoms with E-state index in [1.54, 1.807) is 0 Å². The van der Waals surface area contributed by atoms with Crippen LogP contribution >= 0.6 is 0 Å². The van der Waals surface area contributed by atoms with Gasteiger partial charge in [0, 0.05) is 17.0 Å². The Labute approximate surface area is 176 Å². The molecule has 3 rings (SSSR count). The first-order chi connectivity index (χ1) is 13.9. The number of nitrogens with one attached hydrogen (secondary N) is 1. The molecule has 2 atom stereocenters. The van der Waals surface area contributed by atoms with Crippen molar-refractivity contribution in [3.8, 4) is 0 Å². The van der Waals surface area contributed by atoms with Gasteiger partial charge in [0.15, 0.2) is 0 Å². The van der Waals surface area contributed by atoms with Crippen LogP contribution in [0.3, 0.4) is 0 Å². The second kappa shape index (κ2) is 9.88.